The Hall–Kier alpha value is -1.56. The number of hydrogen-bond donors (Lipinski definition) is 0. The molecule has 0 saturated carbocycles. The number of nitrogens with zero attached hydrogens (tertiary/aromatic N) is 3. The standard InChI is InChI=1S/C18H17Cl2N3OS/c1-11-14-9-16(17(24)22-6-2-3-7-22)25-18(14)23(21-11)10-12-4-5-13(19)8-15(12)20/h4-5,8-9H,2-3,6-7,10H2,1H3. The van der Waals surface area contributed by atoms with Crippen LogP contribution in [0.3, 0.4) is 0 Å². The van der Waals surface area contributed by atoms with Gasteiger partial charge in [-0.2, -0.15) is 5.10 Å². The van der Waals surface area contributed by atoms with Gasteiger partial charge in [0.15, 0.2) is 0 Å². The number of thiophene rings is 1. The number of hydrogen-bond acceptors (Lipinski definition) is 3. The van der Waals surface area contributed by atoms with Gasteiger partial charge in [0.05, 0.1) is 17.1 Å². The molecule has 0 aliphatic carbocycles. The molecule has 1 aliphatic rings. The minimum Gasteiger partial charge on any atom is -0.338 e. The van der Waals surface area contributed by atoms with Crippen LogP contribution < -0.4 is 0 Å². The number of halogens is 2. The van der Waals surface area contributed by atoms with Gasteiger partial charge >= 0.3 is 0 Å². The lowest BCUT2D eigenvalue weighted by molar-refractivity contribution is 0.0797. The zero-order valence-electron chi connectivity index (χ0n) is 13.8. The summed E-state index contributed by atoms with van der Waals surface area (Å²) in [5.74, 6) is 0.133. The van der Waals surface area contributed by atoms with E-state index in [-0.39, 0.29) is 5.91 Å². The van der Waals surface area contributed by atoms with Gasteiger partial charge in [-0.15, -0.1) is 11.3 Å². The van der Waals surface area contributed by atoms with E-state index in [1.165, 1.54) is 11.3 Å². The van der Waals surface area contributed by atoms with E-state index >= 15 is 0 Å². The number of carbonyl (C=O) groups excluding carboxylic acids is 1. The van der Waals surface area contributed by atoms with Crippen LogP contribution in [0.25, 0.3) is 10.2 Å². The highest BCUT2D eigenvalue weighted by molar-refractivity contribution is 7.20. The summed E-state index contributed by atoms with van der Waals surface area (Å²) < 4.78 is 1.92. The maximum Gasteiger partial charge on any atom is 0.264 e. The summed E-state index contributed by atoms with van der Waals surface area (Å²) in [5.41, 5.74) is 1.88. The molecule has 1 aromatic carbocycles. The Bertz CT molecular complexity index is 957. The molecule has 0 unspecified atom stereocenters. The second-order valence-corrected chi connectivity index (χ2v) is 8.18. The maximum absolute atomic E-state index is 12.7. The first kappa shape index (κ1) is 16.9. The smallest absolute Gasteiger partial charge is 0.264 e. The van der Waals surface area contributed by atoms with Crippen LogP contribution in [-0.2, 0) is 6.54 Å². The van der Waals surface area contributed by atoms with Gasteiger partial charge in [-0.1, -0.05) is 29.3 Å². The fraction of sp³-hybridized carbons (Fsp3) is 0.333. The van der Waals surface area contributed by atoms with E-state index in [9.17, 15) is 4.79 Å². The molecule has 25 heavy (non-hydrogen) atoms. The summed E-state index contributed by atoms with van der Waals surface area (Å²) in [6.07, 6.45) is 2.19. The first-order valence-electron chi connectivity index (χ1n) is 8.23. The predicted molar refractivity (Wildman–Crippen MR) is 103 cm³/mol. The Balaban J connectivity index is 1.68. The molecule has 1 fully saturated rings. The molecule has 130 valence electrons. The van der Waals surface area contributed by atoms with Crippen LogP contribution in [-0.4, -0.2) is 33.7 Å². The first-order chi connectivity index (χ1) is 12.0. The Labute approximate surface area is 159 Å². The lowest BCUT2D eigenvalue weighted by atomic mass is 10.2. The summed E-state index contributed by atoms with van der Waals surface area (Å²) in [4.78, 5) is 16.4. The quantitative estimate of drug-likeness (QED) is 0.627. The second-order valence-electron chi connectivity index (χ2n) is 6.31. The molecule has 2 aromatic heterocycles. The Morgan fingerprint density at radius 3 is 2.72 bits per heavy atom. The highest BCUT2D eigenvalue weighted by Crippen LogP contribution is 2.31. The third-order valence-corrected chi connectivity index (χ3v) is 6.27. The molecular formula is C18H17Cl2N3OS. The number of fused-ring (bicyclic) bond motifs is 1. The summed E-state index contributed by atoms with van der Waals surface area (Å²) in [7, 11) is 0. The van der Waals surface area contributed by atoms with Crippen molar-refractivity contribution in [2.45, 2.75) is 26.3 Å². The molecule has 1 amide bonds. The molecule has 3 aromatic rings. The predicted octanol–water partition coefficient (Wildman–Crippen LogP) is 5.00. The zero-order chi connectivity index (χ0) is 17.6. The minimum atomic E-state index is 0.133. The Morgan fingerprint density at radius 2 is 2.00 bits per heavy atom. The van der Waals surface area contributed by atoms with Gasteiger partial charge in [-0.05, 0) is 43.5 Å². The van der Waals surface area contributed by atoms with Gasteiger partial charge in [0.1, 0.15) is 4.83 Å². The van der Waals surface area contributed by atoms with E-state index in [1.54, 1.807) is 6.07 Å². The number of rotatable bonds is 3. The van der Waals surface area contributed by atoms with Gasteiger partial charge in [0, 0.05) is 28.5 Å². The number of carbonyl (C=O) groups is 1. The summed E-state index contributed by atoms with van der Waals surface area (Å²) >= 11 is 13.8. The molecule has 7 heteroatoms. The van der Waals surface area contributed by atoms with Crippen LogP contribution in [0.1, 0.15) is 33.8 Å². The van der Waals surface area contributed by atoms with Crippen molar-refractivity contribution in [3.05, 3.63) is 50.4 Å². The number of likely N-dealkylation sites (tertiary alicyclic amines) is 1. The SMILES string of the molecule is Cc1nn(Cc2ccc(Cl)cc2Cl)c2sc(C(=O)N3CCCC3)cc12. The summed E-state index contributed by atoms with van der Waals surface area (Å²) in [5, 5.41) is 6.90. The number of aromatic nitrogens is 2. The van der Waals surface area contributed by atoms with Crippen LogP contribution in [0.15, 0.2) is 24.3 Å². The Morgan fingerprint density at radius 1 is 1.24 bits per heavy atom. The molecule has 0 spiro atoms. The average molecular weight is 394 g/mol. The van der Waals surface area contributed by atoms with Crippen LogP contribution in [0.5, 0.6) is 0 Å². The van der Waals surface area contributed by atoms with Crippen molar-refractivity contribution < 1.29 is 4.79 Å². The second kappa shape index (κ2) is 6.63. The summed E-state index contributed by atoms with van der Waals surface area (Å²) in [6, 6.07) is 7.45. The Kier molecular flexibility index (Phi) is 4.48. The van der Waals surface area contributed by atoms with Crippen molar-refractivity contribution in [1.82, 2.24) is 14.7 Å². The highest BCUT2D eigenvalue weighted by Gasteiger charge is 2.23. The van der Waals surface area contributed by atoms with Gasteiger partial charge in [0.25, 0.3) is 5.91 Å². The normalized spacial score (nSPS) is 14.6. The molecule has 1 aliphatic heterocycles. The van der Waals surface area contributed by atoms with Crippen LogP contribution in [0.4, 0.5) is 0 Å². The third kappa shape index (κ3) is 3.16. The fourth-order valence-electron chi connectivity index (χ4n) is 3.21. The molecule has 0 bridgehead atoms. The topological polar surface area (TPSA) is 38.1 Å². The molecule has 0 radical (unpaired) electrons. The fourth-order valence-corrected chi connectivity index (χ4v) is 4.81. The van der Waals surface area contributed by atoms with E-state index in [2.05, 4.69) is 5.10 Å². The number of amides is 1. The zero-order valence-corrected chi connectivity index (χ0v) is 16.1. The van der Waals surface area contributed by atoms with Crippen LogP contribution in [0.2, 0.25) is 10.0 Å². The first-order valence-corrected chi connectivity index (χ1v) is 9.80. The monoisotopic (exact) mass is 393 g/mol. The molecule has 3 heterocycles. The van der Waals surface area contributed by atoms with Crippen molar-refractivity contribution in [3.8, 4) is 0 Å². The molecular weight excluding hydrogens is 377 g/mol. The van der Waals surface area contributed by atoms with E-state index in [0.29, 0.717) is 16.6 Å². The van der Waals surface area contributed by atoms with E-state index in [4.69, 9.17) is 23.2 Å². The van der Waals surface area contributed by atoms with Crippen molar-refractivity contribution in [2.24, 2.45) is 0 Å². The van der Waals surface area contributed by atoms with E-state index in [1.807, 2.05) is 34.7 Å². The average Bonchev–Trinajstić information content (AvgIpc) is 3.29. The van der Waals surface area contributed by atoms with Crippen molar-refractivity contribution in [1.29, 1.82) is 0 Å². The van der Waals surface area contributed by atoms with Gasteiger partial charge in [0.2, 0.25) is 0 Å². The van der Waals surface area contributed by atoms with Gasteiger partial charge < -0.3 is 4.90 Å². The lowest BCUT2D eigenvalue weighted by Gasteiger charge is -2.13. The highest BCUT2D eigenvalue weighted by atomic mass is 35.5. The summed E-state index contributed by atoms with van der Waals surface area (Å²) in [6.45, 7) is 4.24. The van der Waals surface area contributed by atoms with Crippen molar-refractivity contribution in [3.63, 3.8) is 0 Å². The minimum absolute atomic E-state index is 0.133. The van der Waals surface area contributed by atoms with Crippen LogP contribution >= 0.6 is 34.5 Å². The largest absolute Gasteiger partial charge is 0.338 e. The molecule has 0 N–H and O–H groups in total. The van der Waals surface area contributed by atoms with Crippen molar-refractivity contribution >= 4 is 50.7 Å². The molecule has 4 rings (SSSR count). The van der Waals surface area contributed by atoms with E-state index in [0.717, 1.165) is 52.3 Å². The maximum atomic E-state index is 12.7. The molecule has 4 nitrogen and oxygen atoms in total. The third-order valence-electron chi connectivity index (χ3n) is 4.55. The van der Waals surface area contributed by atoms with Gasteiger partial charge in [-0.25, -0.2) is 0 Å². The number of aryl methyl sites for hydroxylation is 1. The van der Waals surface area contributed by atoms with E-state index < -0.39 is 0 Å². The molecule has 1 saturated heterocycles. The molecule has 0 atom stereocenters. The number of benzene rings is 1. The van der Waals surface area contributed by atoms with Crippen LogP contribution in [0, 0.1) is 6.92 Å². The van der Waals surface area contributed by atoms with Gasteiger partial charge in [-0.3, -0.25) is 9.48 Å². The van der Waals surface area contributed by atoms with Crippen molar-refractivity contribution in [2.75, 3.05) is 13.1 Å². The lowest BCUT2D eigenvalue weighted by Crippen LogP contribution is -2.26.